The summed E-state index contributed by atoms with van der Waals surface area (Å²) in [7, 11) is 0. The van der Waals surface area contributed by atoms with Crippen molar-refractivity contribution in [3.05, 3.63) is 56.9 Å². The molecule has 2 heteroatoms. The molecule has 2 aromatic heterocycles. The van der Waals surface area contributed by atoms with Gasteiger partial charge in [0.05, 0.1) is 0 Å². The lowest BCUT2D eigenvalue weighted by atomic mass is 9.94. The second-order valence-electron chi connectivity index (χ2n) is 5.26. The number of fused-ring (bicyclic) bond motifs is 2. The number of hydrogen-bond acceptors (Lipinski definition) is 2. The standard InChI is InChI=1S/C18H14S2/c1-11-3-5-13(17-9-19-7-15(11)17)14-6-4-12(2)16-8-20-10-18(14)16/h3-10H,1-2H3. The van der Waals surface area contributed by atoms with Gasteiger partial charge in [0.1, 0.15) is 0 Å². The van der Waals surface area contributed by atoms with Crippen molar-refractivity contribution < 1.29 is 0 Å². The van der Waals surface area contributed by atoms with Gasteiger partial charge in [-0.15, -0.1) is 0 Å². The first-order chi connectivity index (χ1) is 9.75. The summed E-state index contributed by atoms with van der Waals surface area (Å²) in [4.78, 5) is 0. The first kappa shape index (κ1) is 12.1. The van der Waals surface area contributed by atoms with Crippen LogP contribution >= 0.6 is 22.7 Å². The van der Waals surface area contributed by atoms with Gasteiger partial charge in [0.2, 0.25) is 0 Å². The quantitative estimate of drug-likeness (QED) is 0.381. The molecule has 0 amide bonds. The van der Waals surface area contributed by atoms with Gasteiger partial charge in [-0.25, -0.2) is 0 Å². The fourth-order valence-corrected chi connectivity index (χ4v) is 4.68. The van der Waals surface area contributed by atoms with E-state index >= 15 is 0 Å². The van der Waals surface area contributed by atoms with Gasteiger partial charge in [-0.1, -0.05) is 24.3 Å². The van der Waals surface area contributed by atoms with E-state index in [1.165, 1.54) is 43.8 Å². The first-order valence-corrected chi connectivity index (χ1v) is 8.55. The molecule has 2 aromatic carbocycles. The lowest BCUT2D eigenvalue weighted by Gasteiger charge is -2.09. The largest absolute Gasteiger partial charge is 0.151 e. The molecule has 4 aromatic rings. The molecule has 4 rings (SSSR count). The van der Waals surface area contributed by atoms with E-state index in [-0.39, 0.29) is 0 Å². The second-order valence-corrected chi connectivity index (χ2v) is 6.75. The fourth-order valence-electron chi connectivity index (χ4n) is 2.87. The Labute approximate surface area is 126 Å². The summed E-state index contributed by atoms with van der Waals surface area (Å²) in [6.45, 7) is 4.38. The van der Waals surface area contributed by atoms with Crippen LogP contribution in [0.5, 0.6) is 0 Å². The molecule has 2 heterocycles. The lowest BCUT2D eigenvalue weighted by Crippen LogP contribution is -1.84. The monoisotopic (exact) mass is 294 g/mol. The first-order valence-electron chi connectivity index (χ1n) is 6.67. The summed E-state index contributed by atoms with van der Waals surface area (Å²) in [5.74, 6) is 0. The van der Waals surface area contributed by atoms with E-state index in [0.717, 1.165) is 0 Å². The average molecular weight is 294 g/mol. The minimum absolute atomic E-state index is 1.36. The highest BCUT2D eigenvalue weighted by molar-refractivity contribution is 7.09. The van der Waals surface area contributed by atoms with Gasteiger partial charge in [0, 0.05) is 10.8 Å². The van der Waals surface area contributed by atoms with Crippen LogP contribution < -0.4 is 0 Å². The Balaban J connectivity index is 2.12. The van der Waals surface area contributed by atoms with Crippen LogP contribution in [0.1, 0.15) is 11.1 Å². The van der Waals surface area contributed by atoms with Gasteiger partial charge in [-0.3, -0.25) is 0 Å². The molecule has 0 nitrogen and oxygen atoms in total. The molecule has 98 valence electrons. The summed E-state index contributed by atoms with van der Waals surface area (Å²) < 4.78 is 0. The predicted molar refractivity (Wildman–Crippen MR) is 92.1 cm³/mol. The Hall–Kier alpha value is -1.64. The van der Waals surface area contributed by atoms with Crippen molar-refractivity contribution in [1.82, 2.24) is 0 Å². The number of rotatable bonds is 1. The minimum atomic E-state index is 1.36. The van der Waals surface area contributed by atoms with Crippen molar-refractivity contribution in [3.63, 3.8) is 0 Å². The van der Waals surface area contributed by atoms with Crippen LogP contribution in [-0.4, -0.2) is 0 Å². The van der Waals surface area contributed by atoms with Crippen LogP contribution in [0.25, 0.3) is 32.7 Å². The van der Waals surface area contributed by atoms with Crippen molar-refractivity contribution in [2.24, 2.45) is 0 Å². The van der Waals surface area contributed by atoms with Crippen molar-refractivity contribution >= 4 is 44.2 Å². The smallest absolute Gasteiger partial charge is 0.000472 e. The predicted octanol–water partition coefficient (Wildman–Crippen LogP) is 6.40. The molecule has 0 unspecified atom stereocenters. The van der Waals surface area contributed by atoms with Crippen LogP contribution in [0.3, 0.4) is 0 Å². The molecule has 20 heavy (non-hydrogen) atoms. The summed E-state index contributed by atoms with van der Waals surface area (Å²) in [6, 6.07) is 9.02. The number of benzene rings is 2. The number of thiophene rings is 2. The van der Waals surface area contributed by atoms with Crippen LogP contribution in [0.4, 0.5) is 0 Å². The van der Waals surface area contributed by atoms with Crippen LogP contribution in [0, 0.1) is 13.8 Å². The molecule has 0 atom stereocenters. The van der Waals surface area contributed by atoms with Crippen molar-refractivity contribution in [2.45, 2.75) is 13.8 Å². The topological polar surface area (TPSA) is 0 Å². The SMILES string of the molecule is Cc1ccc(-c2ccc(C)c3cscc23)c2cscc12. The third kappa shape index (κ3) is 1.65. The van der Waals surface area contributed by atoms with Crippen LogP contribution in [0.2, 0.25) is 0 Å². The highest BCUT2D eigenvalue weighted by Gasteiger charge is 2.11. The third-order valence-electron chi connectivity index (χ3n) is 4.04. The highest BCUT2D eigenvalue weighted by Crippen LogP contribution is 2.38. The van der Waals surface area contributed by atoms with Crippen molar-refractivity contribution in [3.8, 4) is 11.1 Å². The van der Waals surface area contributed by atoms with E-state index in [2.05, 4.69) is 59.6 Å². The maximum Gasteiger partial charge on any atom is 0.000472 e. The summed E-state index contributed by atoms with van der Waals surface area (Å²) in [5.41, 5.74) is 5.43. The highest BCUT2D eigenvalue weighted by atomic mass is 32.1. The normalized spacial score (nSPS) is 11.5. The molecule has 0 bridgehead atoms. The Kier molecular flexibility index (Phi) is 2.69. The van der Waals surface area contributed by atoms with Crippen molar-refractivity contribution in [2.75, 3.05) is 0 Å². The molecule has 0 saturated carbocycles. The number of aryl methyl sites for hydroxylation is 2. The van der Waals surface area contributed by atoms with E-state index in [4.69, 9.17) is 0 Å². The zero-order valence-corrected chi connectivity index (χ0v) is 13.1. The Bertz CT molecular complexity index is 847. The van der Waals surface area contributed by atoms with Gasteiger partial charge in [0.25, 0.3) is 0 Å². The molecular weight excluding hydrogens is 280 g/mol. The van der Waals surface area contributed by atoms with E-state index in [9.17, 15) is 0 Å². The molecule has 0 fully saturated rings. The van der Waals surface area contributed by atoms with Crippen LogP contribution in [0.15, 0.2) is 45.8 Å². The average Bonchev–Trinajstić information content (AvgIpc) is 3.09. The lowest BCUT2D eigenvalue weighted by molar-refractivity contribution is 1.53. The molecule has 0 aliphatic heterocycles. The molecule has 0 aliphatic carbocycles. The van der Waals surface area contributed by atoms with E-state index in [1.54, 1.807) is 22.7 Å². The molecule has 0 aliphatic rings. The third-order valence-corrected chi connectivity index (χ3v) is 5.53. The van der Waals surface area contributed by atoms with E-state index < -0.39 is 0 Å². The van der Waals surface area contributed by atoms with E-state index in [0.29, 0.717) is 0 Å². The van der Waals surface area contributed by atoms with Gasteiger partial charge in [-0.2, -0.15) is 22.7 Å². The maximum absolute atomic E-state index is 2.27. The Morgan fingerprint density at radius 3 is 1.40 bits per heavy atom. The van der Waals surface area contributed by atoms with E-state index in [1.807, 2.05) is 0 Å². The molecule has 0 N–H and O–H groups in total. The van der Waals surface area contributed by atoms with Crippen LogP contribution in [-0.2, 0) is 0 Å². The van der Waals surface area contributed by atoms with Gasteiger partial charge >= 0.3 is 0 Å². The van der Waals surface area contributed by atoms with Crippen molar-refractivity contribution in [1.29, 1.82) is 0 Å². The maximum atomic E-state index is 2.27. The molecular formula is C18H14S2. The summed E-state index contributed by atoms with van der Waals surface area (Å²) >= 11 is 3.58. The number of hydrogen-bond donors (Lipinski definition) is 0. The Morgan fingerprint density at radius 2 is 0.950 bits per heavy atom. The zero-order valence-electron chi connectivity index (χ0n) is 11.4. The second kappa shape index (κ2) is 4.44. The molecule has 0 saturated heterocycles. The minimum Gasteiger partial charge on any atom is -0.151 e. The summed E-state index contributed by atoms with van der Waals surface area (Å²) in [6.07, 6.45) is 0. The summed E-state index contributed by atoms with van der Waals surface area (Å²) in [5, 5.41) is 14.6. The van der Waals surface area contributed by atoms with Gasteiger partial charge in [0.15, 0.2) is 0 Å². The molecule has 0 spiro atoms. The van der Waals surface area contributed by atoms with Gasteiger partial charge in [-0.05, 0) is 68.4 Å². The Morgan fingerprint density at radius 1 is 0.550 bits per heavy atom. The molecule has 0 radical (unpaired) electrons. The fraction of sp³-hybridized carbons (Fsp3) is 0.111. The van der Waals surface area contributed by atoms with Gasteiger partial charge < -0.3 is 0 Å². The zero-order chi connectivity index (χ0) is 13.7.